The first kappa shape index (κ1) is 16.5. The van der Waals surface area contributed by atoms with E-state index in [1.807, 2.05) is 58.0 Å². The van der Waals surface area contributed by atoms with Crippen LogP contribution in [0.2, 0.25) is 0 Å². The second kappa shape index (κ2) is 5.93. The van der Waals surface area contributed by atoms with Gasteiger partial charge in [0.05, 0.1) is 11.8 Å². The second-order valence-corrected chi connectivity index (χ2v) is 7.07. The summed E-state index contributed by atoms with van der Waals surface area (Å²) in [4.78, 5) is 24.6. The number of carbonyl (C=O) groups is 2. The van der Waals surface area contributed by atoms with Crippen LogP contribution in [0.4, 0.5) is 5.69 Å². The number of rotatable bonds is 3. The SMILES string of the molecule is CC(C)=C1[C@H]2C=C[C@H]1[C@@H](C(=O)O)[C@H]2C(=O)Nc1ccc(C)c(C)c1. The molecule has 1 aromatic carbocycles. The normalized spacial score (nSPS) is 27.4. The molecule has 4 nitrogen and oxygen atoms in total. The van der Waals surface area contributed by atoms with Crippen molar-refractivity contribution >= 4 is 17.6 Å². The molecule has 0 spiro atoms. The van der Waals surface area contributed by atoms with Gasteiger partial charge in [-0.3, -0.25) is 9.59 Å². The van der Waals surface area contributed by atoms with Gasteiger partial charge < -0.3 is 10.4 Å². The number of carboxylic acids is 1. The molecule has 0 aliphatic heterocycles. The van der Waals surface area contributed by atoms with E-state index in [-0.39, 0.29) is 17.7 Å². The second-order valence-electron chi connectivity index (χ2n) is 7.07. The van der Waals surface area contributed by atoms with E-state index in [2.05, 4.69) is 5.32 Å². The number of amides is 1. The molecule has 2 N–H and O–H groups in total. The monoisotopic (exact) mass is 325 g/mol. The van der Waals surface area contributed by atoms with Gasteiger partial charge in [0.15, 0.2) is 0 Å². The van der Waals surface area contributed by atoms with Gasteiger partial charge >= 0.3 is 5.97 Å². The summed E-state index contributed by atoms with van der Waals surface area (Å²) in [6.45, 7) is 7.99. The third-order valence-electron chi connectivity index (χ3n) is 5.34. The van der Waals surface area contributed by atoms with Gasteiger partial charge in [0.1, 0.15) is 0 Å². The molecule has 1 fully saturated rings. The van der Waals surface area contributed by atoms with Crippen molar-refractivity contribution in [3.63, 3.8) is 0 Å². The minimum atomic E-state index is -0.897. The van der Waals surface area contributed by atoms with Crippen molar-refractivity contribution in [2.75, 3.05) is 5.32 Å². The third-order valence-corrected chi connectivity index (χ3v) is 5.34. The molecule has 0 aromatic heterocycles. The van der Waals surface area contributed by atoms with E-state index in [1.54, 1.807) is 0 Å². The van der Waals surface area contributed by atoms with Crippen molar-refractivity contribution in [1.29, 1.82) is 0 Å². The van der Waals surface area contributed by atoms with Crippen LogP contribution >= 0.6 is 0 Å². The molecule has 0 radical (unpaired) electrons. The number of hydrogen-bond acceptors (Lipinski definition) is 2. The van der Waals surface area contributed by atoms with Crippen molar-refractivity contribution in [1.82, 2.24) is 0 Å². The summed E-state index contributed by atoms with van der Waals surface area (Å²) in [5, 5.41) is 12.6. The number of nitrogens with one attached hydrogen (secondary N) is 1. The van der Waals surface area contributed by atoms with Gasteiger partial charge in [0.25, 0.3) is 0 Å². The maximum Gasteiger partial charge on any atom is 0.308 e. The summed E-state index contributed by atoms with van der Waals surface area (Å²) in [5.41, 5.74) is 5.19. The fraction of sp³-hybridized carbons (Fsp3) is 0.400. The quantitative estimate of drug-likeness (QED) is 0.833. The van der Waals surface area contributed by atoms with E-state index in [1.165, 1.54) is 0 Å². The first-order valence-corrected chi connectivity index (χ1v) is 8.27. The lowest BCUT2D eigenvalue weighted by atomic mass is 9.82. The van der Waals surface area contributed by atoms with Gasteiger partial charge in [-0.05, 0) is 51.0 Å². The highest BCUT2D eigenvalue weighted by Gasteiger charge is 2.54. The Morgan fingerprint density at radius 1 is 1.00 bits per heavy atom. The van der Waals surface area contributed by atoms with Gasteiger partial charge in [-0.1, -0.05) is 29.4 Å². The highest BCUT2D eigenvalue weighted by Crippen LogP contribution is 2.53. The molecular formula is C20H23NO3. The molecule has 1 aromatic rings. The van der Waals surface area contributed by atoms with E-state index in [4.69, 9.17) is 0 Å². The third kappa shape index (κ3) is 2.56. The van der Waals surface area contributed by atoms with Gasteiger partial charge in [0.2, 0.25) is 5.91 Å². The first-order valence-electron chi connectivity index (χ1n) is 8.27. The number of carbonyl (C=O) groups excluding carboxylic acids is 1. The van der Waals surface area contributed by atoms with Crippen LogP contribution in [-0.4, -0.2) is 17.0 Å². The summed E-state index contributed by atoms with van der Waals surface area (Å²) in [7, 11) is 0. The summed E-state index contributed by atoms with van der Waals surface area (Å²) in [6, 6.07) is 5.75. The molecule has 1 amide bonds. The summed E-state index contributed by atoms with van der Waals surface area (Å²) < 4.78 is 0. The number of aliphatic carboxylic acids is 1. The lowest BCUT2D eigenvalue weighted by Gasteiger charge is -2.23. The van der Waals surface area contributed by atoms with Gasteiger partial charge in [-0.25, -0.2) is 0 Å². The number of allylic oxidation sites excluding steroid dienone is 4. The molecular weight excluding hydrogens is 302 g/mol. The fourth-order valence-corrected chi connectivity index (χ4v) is 4.09. The van der Waals surface area contributed by atoms with E-state index in [0.717, 1.165) is 28.0 Å². The Hall–Kier alpha value is -2.36. The summed E-state index contributed by atoms with van der Waals surface area (Å²) in [6.07, 6.45) is 3.95. The number of carboxylic acid groups (broad SMARTS) is 1. The first-order chi connectivity index (χ1) is 11.3. The number of aryl methyl sites for hydroxylation is 2. The molecule has 4 heteroatoms. The van der Waals surface area contributed by atoms with E-state index >= 15 is 0 Å². The Balaban J connectivity index is 1.91. The smallest absolute Gasteiger partial charge is 0.308 e. The van der Waals surface area contributed by atoms with E-state index < -0.39 is 17.8 Å². The van der Waals surface area contributed by atoms with Crippen LogP contribution in [0.15, 0.2) is 41.5 Å². The largest absolute Gasteiger partial charge is 0.481 e. The lowest BCUT2D eigenvalue weighted by Crippen LogP contribution is -2.36. The highest BCUT2D eigenvalue weighted by atomic mass is 16.4. The standard InChI is InChI=1S/C20H23NO3/c1-10(2)16-14-7-8-15(16)18(20(23)24)17(14)19(22)21-13-6-5-11(3)12(4)9-13/h5-9,14-15,17-18H,1-4H3,(H,21,22)(H,23,24)/t14-,15-,17+,18-/m1/s1. The van der Waals surface area contributed by atoms with Gasteiger partial charge in [-0.15, -0.1) is 0 Å². The van der Waals surface area contributed by atoms with Crippen LogP contribution in [-0.2, 0) is 9.59 Å². The zero-order valence-electron chi connectivity index (χ0n) is 14.5. The molecule has 2 bridgehead atoms. The van der Waals surface area contributed by atoms with E-state index in [0.29, 0.717) is 0 Å². The Labute approximate surface area is 142 Å². The number of hydrogen-bond donors (Lipinski definition) is 2. The molecule has 4 atom stereocenters. The van der Waals surface area contributed by atoms with Crippen molar-refractivity contribution in [2.45, 2.75) is 27.7 Å². The lowest BCUT2D eigenvalue weighted by molar-refractivity contribution is -0.146. The van der Waals surface area contributed by atoms with E-state index in [9.17, 15) is 14.7 Å². The fourth-order valence-electron chi connectivity index (χ4n) is 4.09. The maximum atomic E-state index is 12.9. The van der Waals surface area contributed by atoms with Crippen LogP contribution in [0, 0.1) is 37.5 Å². The van der Waals surface area contributed by atoms with Crippen LogP contribution in [0.3, 0.4) is 0 Å². The molecule has 1 saturated carbocycles. The minimum Gasteiger partial charge on any atom is -0.481 e. The molecule has 24 heavy (non-hydrogen) atoms. The van der Waals surface area contributed by atoms with Crippen LogP contribution < -0.4 is 5.32 Å². The van der Waals surface area contributed by atoms with Crippen LogP contribution in [0.25, 0.3) is 0 Å². The van der Waals surface area contributed by atoms with Crippen LogP contribution in [0.5, 0.6) is 0 Å². The number of anilines is 1. The zero-order valence-corrected chi connectivity index (χ0v) is 14.5. The molecule has 126 valence electrons. The molecule has 0 saturated heterocycles. The van der Waals surface area contributed by atoms with Crippen molar-refractivity contribution in [2.24, 2.45) is 23.7 Å². The molecule has 0 unspecified atom stereocenters. The number of fused-ring (bicyclic) bond motifs is 2. The average Bonchev–Trinajstić information content (AvgIpc) is 3.06. The van der Waals surface area contributed by atoms with Crippen LogP contribution in [0.1, 0.15) is 25.0 Å². The predicted molar refractivity (Wildman–Crippen MR) is 93.7 cm³/mol. The van der Waals surface area contributed by atoms with Crippen molar-refractivity contribution in [3.05, 3.63) is 52.6 Å². The zero-order chi connectivity index (χ0) is 17.6. The topological polar surface area (TPSA) is 66.4 Å². The molecule has 2 aliphatic rings. The summed E-state index contributed by atoms with van der Waals surface area (Å²) in [5.74, 6) is -2.60. The minimum absolute atomic E-state index is 0.104. The molecule has 3 rings (SSSR count). The van der Waals surface area contributed by atoms with Gasteiger partial charge in [-0.2, -0.15) is 0 Å². The predicted octanol–water partition coefficient (Wildman–Crippen LogP) is 3.71. The Bertz CT molecular complexity index is 771. The molecule has 2 aliphatic carbocycles. The number of benzene rings is 1. The van der Waals surface area contributed by atoms with Crippen molar-refractivity contribution < 1.29 is 14.7 Å². The Kier molecular flexibility index (Phi) is 4.08. The maximum absolute atomic E-state index is 12.9. The highest BCUT2D eigenvalue weighted by molar-refractivity contribution is 5.97. The summed E-state index contributed by atoms with van der Waals surface area (Å²) >= 11 is 0. The Morgan fingerprint density at radius 2 is 1.62 bits per heavy atom. The molecule has 0 heterocycles. The Morgan fingerprint density at radius 3 is 2.17 bits per heavy atom. The average molecular weight is 325 g/mol. The van der Waals surface area contributed by atoms with Gasteiger partial charge in [0, 0.05) is 17.5 Å². The van der Waals surface area contributed by atoms with Crippen molar-refractivity contribution in [3.8, 4) is 0 Å².